The number of anilines is 1. The van der Waals surface area contributed by atoms with Crippen LogP contribution in [-0.2, 0) is 11.2 Å². The quantitative estimate of drug-likeness (QED) is 0.794. The Morgan fingerprint density at radius 2 is 1.80 bits per heavy atom. The van der Waals surface area contributed by atoms with E-state index in [1.807, 2.05) is 6.92 Å². The molecular formula is C18H18F3NO3. The number of alkyl halides is 3. The van der Waals surface area contributed by atoms with Crippen molar-refractivity contribution in [2.45, 2.75) is 26.1 Å². The summed E-state index contributed by atoms with van der Waals surface area (Å²) in [5.74, 6) is 0.0582. The Morgan fingerprint density at radius 3 is 2.44 bits per heavy atom. The first-order chi connectivity index (χ1) is 11.9. The van der Waals surface area contributed by atoms with Crippen molar-refractivity contribution < 1.29 is 27.4 Å². The van der Waals surface area contributed by atoms with Crippen LogP contribution in [0.25, 0.3) is 0 Å². The average molecular weight is 353 g/mol. The predicted molar refractivity (Wildman–Crippen MR) is 87.7 cm³/mol. The lowest BCUT2D eigenvalue weighted by Gasteiger charge is -2.10. The van der Waals surface area contributed by atoms with Crippen molar-refractivity contribution in [2.75, 3.05) is 11.9 Å². The van der Waals surface area contributed by atoms with Gasteiger partial charge in [0, 0.05) is 11.8 Å². The lowest BCUT2D eigenvalue weighted by Crippen LogP contribution is -2.17. The Labute approximate surface area is 143 Å². The number of benzene rings is 2. The van der Waals surface area contributed by atoms with E-state index in [0.717, 1.165) is 6.42 Å². The number of amides is 1. The van der Waals surface area contributed by atoms with Gasteiger partial charge in [-0.15, -0.1) is 13.2 Å². The highest BCUT2D eigenvalue weighted by molar-refractivity contribution is 5.92. The van der Waals surface area contributed by atoms with Gasteiger partial charge in [0.1, 0.15) is 11.5 Å². The molecule has 0 saturated heterocycles. The first kappa shape index (κ1) is 18.6. The molecule has 1 amide bonds. The van der Waals surface area contributed by atoms with Gasteiger partial charge in [0.25, 0.3) is 0 Å². The Bertz CT molecular complexity index is 699. The molecule has 25 heavy (non-hydrogen) atoms. The maximum Gasteiger partial charge on any atom is 0.573 e. The van der Waals surface area contributed by atoms with E-state index in [-0.39, 0.29) is 18.1 Å². The molecule has 0 aromatic heterocycles. The topological polar surface area (TPSA) is 47.6 Å². The normalized spacial score (nSPS) is 11.0. The lowest BCUT2D eigenvalue weighted by atomic mass is 10.1. The maximum absolute atomic E-state index is 12.1. The zero-order valence-electron chi connectivity index (χ0n) is 13.6. The van der Waals surface area contributed by atoms with Gasteiger partial charge in [-0.25, -0.2) is 0 Å². The van der Waals surface area contributed by atoms with E-state index < -0.39 is 6.36 Å². The van der Waals surface area contributed by atoms with Gasteiger partial charge in [-0.05, 0) is 36.2 Å². The molecule has 0 atom stereocenters. The third-order valence-corrected chi connectivity index (χ3v) is 3.11. The molecule has 2 aromatic carbocycles. The molecule has 134 valence electrons. The molecule has 2 rings (SSSR count). The summed E-state index contributed by atoms with van der Waals surface area (Å²) in [7, 11) is 0. The summed E-state index contributed by atoms with van der Waals surface area (Å²) in [4.78, 5) is 12.1. The minimum Gasteiger partial charge on any atom is -0.494 e. The Balaban J connectivity index is 1.91. The predicted octanol–water partition coefficient (Wildman–Crippen LogP) is 4.56. The van der Waals surface area contributed by atoms with Crippen LogP contribution in [0.5, 0.6) is 11.5 Å². The summed E-state index contributed by atoms with van der Waals surface area (Å²) < 4.78 is 45.6. The third-order valence-electron chi connectivity index (χ3n) is 3.11. The molecule has 1 N–H and O–H groups in total. The highest BCUT2D eigenvalue weighted by Gasteiger charge is 2.30. The molecule has 0 unspecified atom stereocenters. The molecule has 0 radical (unpaired) electrons. The van der Waals surface area contributed by atoms with Gasteiger partial charge in [-0.3, -0.25) is 4.79 Å². The van der Waals surface area contributed by atoms with Crippen LogP contribution < -0.4 is 14.8 Å². The van der Waals surface area contributed by atoms with Gasteiger partial charge in [-0.1, -0.05) is 25.1 Å². The SMILES string of the molecule is CCCOc1cccc(NC(=O)Cc2ccc(OC(F)(F)F)cc2)c1. The number of hydrogen-bond donors (Lipinski definition) is 1. The number of rotatable bonds is 7. The molecule has 2 aromatic rings. The second-order valence-corrected chi connectivity index (χ2v) is 5.29. The van der Waals surface area contributed by atoms with Crippen molar-refractivity contribution in [1.29, 1.82) is 0 Å². The van der Waals surface area contributed by atoms with Crippen LogP contribution in [0.1, 0.15) is 18.9 Å². The summed E-state index contributed by atoms with van der Waals surface area (Å²) in [5.41, 5.74) is 1.17. The van der Waals surface area contributed by atoms with E-state index in [2.05, 4.69) is 10.1 Å². The molecule has 7 heteroatoms. The van der Waals surface area contributed by atoms with Crippen LogP contribution in [-0.4, -0.2) is 18.9 Å². The van der Waals surface area contributed by atoms with Crippen molar-refractivity contribution >= 4 is 11.6 Å². The number of carbonyl (C=O) groups is 1. The van der Waals surface area contributed by atoms with E-state index in [9.17, 15) is 18.0 Å². The molecule has 0 fully saturated rings. The van der Waals surface area contributed by atoms with Crippen molar-refractivity contribution in [3.05, 3.63) is 54.1 Å². The van der Waals surface area contributed by atoms with Crippen LogP contribution in [0.15, 0.2) is 48.5 Å². The van der Waals surface area contributed by atoms with Crippen molar-refractivity contribution in [2.24, 2.45) is 0 Å². The van der Waals surface area contributed by atoms with Crippen molar-refractivity contribution in [1.82, 2.24) is 0 Å². The minimum atomic E-state index is -4.73. The van der Waals surface area contributed by atoms with Crippen LogP contribution in [0.4, 0.5) is 18.9 Å². The first-order valence-corrected chi connectivity index (χ1v) is 7.73. The van der Waals surface area contributed by atoms with E-state index in [0.29, 0.717) is 23.6 Å². The third kappa shape index (κ3) is 6.74. The molecule has 0 spiro atoms. The Morgan fingerprint density at radius 1 is 1.08 bits per heavy atom. The molecule has 4 nitrogen and oxygen atoms in total. The molecule has 0 aliphatic rings. The molecule has 0 saturated carbocycles. The molecular weight excluding hydrogens is 335 g/mol. The molecule has 0 aliphatic heterocycles. The zero-order valence-corrected chi connectivity index (χ0v) is 13.6. The number of nitrogens with one attached hydrogen (secondary N) is 1. The Kier molecular flexibility index (Phi) is 6.27. The standard InChI is InChI=1S/C18H18F3NO3/c1-2-10-24-16-5-3-4-14(12-16)22-17(23)11-13-6-8-15(9-7-13)25-18(19,20)21/h3-9,12H,2,10-11H2,1H3,(H,22,23). The van der Waals surface area contributed by atoms with Gasteiger partial charge in [0.05, 0.1) is 13.0 Å². The van der Waals surface area contributed by atoms with Gasteiger partial charge >= 0.3 is 6.36 Å². The second kappa shape index (κ2) is 8.41. The van der Waals surface area contributed by atoms with E-state index in [4.69, 9.17) is 4.74 Å². The van der Waals surface area contributed by atoms with Crippen LogP contribution >= 0.6 is 0 Å². The monoisotopic (exact) mass is 353 g/mol. The van der Waals surface area contributed by atoms with Crippen molar-refractivity contribution in [3.8, 4) is 11.5 Å². The van der Waals surface area contributed by atoms with Crippen LogP contribution in [0.2, 0.25) is 0 Å². The average Bonchev–Trinajstić information content (AvgIpc) is 2.54. The fourth-order valence-electron chi connectivity index (χ4n) is 2.08. The Hall–Kier alpha value is -2.70. The van der Waals surface area contributed by atoms with E-state index in [1.54, 1.807) is 24.3 Å². The minimum absolute atomic E-state index is 0.0341. The zero-order chi connectivity index (χ0) is 18.3. The van der Waals surface area contributed by atoms with Gasteiger partial charge in [0.15, 0.2) is 0 Å². The summed E-state index contributed by atoms with van der Waals surface area (Å²) >= 11 is 0. The summed E-state index contributed by atoms with van der Waals surface area (Å²) in [6, 6.07) is 12.2. The maximum atomic E-state index is 12.1. The van der Waals surface area contributed by atoms with Crippen LogP contribution in [0.3, 0.4) is 0 Å². The van der Waals surface area contributed by atoms with Gasteiger partial charge in [-0.2, -0.15) is 0 Å². The number of halogens is 3. The summed E-state index contributed by atoms with van der Waals surface area (Å²) in [6.45, 7) is 2.58. The molecule has 0 heterocycles. The largest absolute Gasteiger partial charge is 0.573 e. The lowest BCUT2D eigenvalue weighted by molar-refractivity contribution is -0.274. The van der Waals surface area contributed by atoms with Gasteiger partial charge < -0.3 is 14.8 Å². The number of hydrogen-bond acceptors (Lipinski definition) is 3. The van der Waals surface area contributed by atoms with E-state index in [1.165, 1.54) is 24.3 Å². The fraction of sp³-hybridized carbons (Fsp3) is 0.278. The number of carbonyl (C=O) groups excluding carboxylic acids is 1. The number of ether oxygens (including phenoxy) is 2. The second-order valence-electron chi connectivity index (χ2n) is 5.29. The summed E-state index contributed by atoms with van der Waals surface area (Å²) in [5, 5.41) is 2.73. The highest BCUT2D eigenvalue weighted by Crippen LogP contribution is 2.23. The van der Waals surface area contributed by atoms with E-state index >= 15 is 0 Å². The first-order valence-electron chi connectivity index (χ1n) is 7.73. The smallest absolute Gasteiger partial charge is 0.494 e. The van der Waals surface area contributed by atoms with Crippen molar-refractivity contribution in [3.63, 3.8) is 0 Å². The summed E-state index contributed by atoms with van der Waals surface area (Å²) in [6.07, 6.45) is -3.82. The van der Waals surface area contributed by atoms with Crippen LogP contribution in [0, 0.1) is 0 Å². The van der Waals surface area contributed by atoms with Gasteiger partial charge in [0.2, 0.25) is 5.91 Å². The highest BCUT2D eigenvalue weighted by atomic mass is 19.4. The molecule has 0 bridgehead atoms. The molecule has 0 aliphatic carbocycles. The fourth-order valence-corrected chi connectivity index (χ4v) is 2.08.